The molecule has 4 heterocycles. The number of aryl methyl sites for hydroxylation is 2. The lowest BCUT2D eigenvalue weighted by atomic mass is 10.00. The number of fused-ring (bicyclic) bond motifs is 2. The Morgan fingerprint density at radius 2 is 1.04 bits per heavy atom. The highest BCUT2D eigenvalue weighted by atomic mass is 32.2. The van der Waals surface area contributed by atoms with Gasteiger partial charge in [0.25, 0.3) is 20.4 Å². The van der Waals surface area contributed by atoms with Crippen LogP contribution < -0.4 is 34.9 Å². The second kappa shape index (κ2) is 13.9. The van der Waals surface area contributed by atoms with Gasteiger partial charge < -0.3 is 13.6 Å². The van der Waals surface area contributed by atoms with Gasteiger partial charge in [0, 0.05) is 73.4 Å². The van der Waals surface area contributed by atoms with Crippen molar-refractivity contribution in [2.24, 2.45) is 0 Å². The Bertz CT molecular complexity index is 2480. The number of hydrogen-bond acceptors (Lipinski definition) is 11. The molecule has 4 aromatic heterocycles. The van der Waals surface area contributed by atoms with Crippen molar-refractivity contribution in [1.82, 2.24) is 19.4 Å². The fraction of sp³-hybridized carbons (Fsp3) is 0.176. The number of anilines is 2. The summed E-state index contributed by atoms with van der Waals surface area (Å²) >= 11 is 0. The van der Waals surface area contributed by atoms with E-state index in [0.717, 1.165) is 0 Å². The Balaban J connectivity index is 1.22. The van der Waals surface area contributed by atoms with Crippen molar-refractivity contribution < 1.29 is 30.4 Å². The number of nitrogens with zero attached hydrogens (tertiary/aromatic N) is 2. The maximum absolute atomic E-state index is 13.1. The van der Waals surface area contributed by atoms with E-state index in [9.17, 15) is 26.4 Å². The zero-order valence-corrected chi connectivity index (χ0v) is 29.4. The number of ether oxygens (including phenoxy) is 1. The van der Waals surface area contributed by atoms with E-state index in [1.807, 2.05) is 13.8 Å². The highest BCUT2D eigenvalue weighted by molar-refractivity contribution is 7.91. The van der Waals surface area contributed by atoms with Crippen LogP contribution >= 0.6 is 0 Å². The summed E-state index contributed by atoms with van der Waals surface area (Å²) in [6, 6.07) is 16.6. The SMILES string of the molecule is CNS(=O)(=O)Nc1cc(Cc2c(C)c3ccc(Oc4ccc5c(C)c(Cc6ccnc(NS(=O)(=O)NC)c6)c(=O)oc5c4)cc3oc2=O)ccn1. The molecular weight excluding hydrogens is 701 g/mol. The fourth-order valence-electron chi connectivity index (χ4n) is 5.49. The molecule has 6 aromatic rings. The summed E-state index contributed by atoms with van der Waals surface area (Å²) in [7, 11) is -4.97. The largest absolute Gasteiger partial charge is 0.457 e. The summed E-state index contributed by atoms with van der Waals surface area (Å²) in [5.41, 5.74) is 3.04. The highest BCUT2D eigenvalue weighted by Gasteiger charge is 2.17. The van der Waals surface area contributed by atoms with Gasteiger partial charge in [-0.2, -0.15) is 16.8 Å². The Kier molecular flexibility index (Phi) is 9.63. The van der Waals surface area contributed by atoms with Crippen LogP contribution in [-0.4, -0.2) is 40.9 Å². The van der Waals surface area contributed by atoms with Gasteiger partial charge >= 0.3 is 11.3 Å². The summed E-state index contributed by atoms with van der Waals surface area (Å²) in [6.45, 7) is 3.61. The van der Waals surface area contributed by atoms with Crippen LogP contribution in [0.25, 0.3) is 21.9 Å². The molecule has 0 amide bonds. The standard InChI is InChI=1S/C34H32N6O9S2/c1-19-25-7-5-23(17-29(25)48-33(41)27(19)13-21-9-11-37-31(15-21)39-50(43,44)35-3)47-24-6-8-26-20(2)28(34(42)49-30(26)18-24)14-22-10-12-38-32(16-22)40-51(45,46)36-4/h5-12,15-18,35-36H,13-14H2,1-4H3,(H,37,39)(H,38,40). The van der Waals surface area contributed by atoms with Crippen LogP contribution in [0.5, 0.6) is 11.5 Å². The van der Waals surface area contributed by atoms with Crippen molar-refractivity contribution in [3.05, 3.63) is 127 Å². The molecule has 6 rings (SSSR count). The van der Waals surface area contributed by atoms with Crippen molar-refractivity contribution in [2.75, 3.05) is 23.5 Å². The van der Waals surface area contributed by atoms with E-state index in [1.165, 1.54) is 26.5 Å². The fourth-order valence-corrected chi connectivity index (χ4v) is 6.46. The minimum atomic E-state index is -3.76. The molecule has 0 bridgehead atoms. The van der Waals surface area contributed by atoms with Crippen molar-refractivity contribution in [2.45, 2.75) is 26.7 Å². The minimum Gasteiger partial charge on any atom is -0.457 e. The molecule has 0 fully saturated rings. The molecule has 0 aliphatic rings. The molecule has 0 spiro atoms. The third-order valence-electron chi connectivity index (χ3n) is 8.18. The van der Waals surface area contributed by atoms with Gasteiger partial charge in [-0.25, -0.2) is 29.0 Å². The smallest absolute Gasteiger partial charge is 0.340 e. The van der Waals surface area contributed by atoms with Gasteiger partial charge in [0.05, 0.1) is 0 Å². The summed E-state index contributed by atoms with van der Waals surface area (Å²) in [4.78, 5) is 34.3. The zero-order valence-electron chi connectivity index (χ0n) is 27.7. The van der Waals surface area contributed by atoms with Gasteiger partial charge in [0.2, 0.25) is 0 Å². The molecule has 0 atom stereocenters. The molecule has 0 saturated heterocycles. The summed E-state index contributed by atoms with van der Waals surface area (Å²) < 4.78 is 73.8. The molecule has 264 valence electrons. The molecule has 15 nitrogen and oxygen atoms in total. The molecule has 17 heteroatoms. The number of rotatable bonds is 12. The van der Waals surface area contributed by atoms with Gasteiger partial charge in [0.1, 0.15) is 34.3 Å². The molecule has 4 N–H and O–H groups in total. The molecule has 0 aliphatic carbocycles. The van der Waals surface area contributed by atoms with Gasteiger partial charge in [-0.15, -0.1) is 0 Å². The third-order valence-corrected chi connectivity index (χ3v) is 10.2. The third kappa shape index (κ3) is 7.91. The molecule has 0 saturated carbocycles. The predicted octanol–water partition coefficient (Wildman–Crippen LogP) is 4.03. The van der Waals surface area contributed by atoms with Crippen molar-refractivity contribution in [3.63, 3.8) is 0 Å². The van der Waals surface area contributed by atoms with Crippen molar-refractivity contribution >= 4 is 54.0 Å². The Morgan fingerprint density at radius 3 is 1.43 bits per heavy atom. The maximum Gasteiger partial charge on any atom is 0.340 e. The van der Waals surface area contributed by atoms with Crippen LogP contribution in [0.3, 0.4) is 0 Å². The Labute approximate surface area is 292 Å². The lowest BCUT2D eigenvalue weighted by Gasteiger charge is -2.12. The van der Waals surface area contributed by atoms with Gasteiger partial charge in [0.15, 0.2) is 0 Å². The normalized spacial score (nSPS) is 11.9. The van der Waals surface area contributed by atoms with Gasteiger partial charge in [-0.1, -0.05) is 0 Å². The number of nitrogens with one attached hydrogen (secondary N) is 4. The number of benzene rings is 2. The van der Waals surface area contributed by atoms with E-state index in [4.69, 9.17) is 13.6 Å². The summed E-state index contributed by atoms with van der Waals surface area (Å²) in [5.74, 6) is 0.971. The van der Waals surface area contributed by atoms with E-state index in [2.05, 4.69) is 28.9 Å². The quantitative estimate of drug-likeness (QED) is 0.132. The van der Waals surface area contributed by atoms with E-state index in [1.54, 1.807) is 60.7 Å². The summed E-state index contributed by atoms with van der Waals surface area (Å²) in [5, 5.41) is 1.38. The first kappa shape index (κ1) is 35.2. The molecule has 0 unspecified atom stereocenters. The molecule has 0 aliphatic heterocycles. The first-order chi connectivity index (χ1) is 24.2. The molecule has 51 heavy (non-hydrogen) atoms. The van der Waals surface area contributed by atoms with E-state index in [-0.39, 0.29) is 24.5 Å². The minimum absolute atomic E-state index is 0.105. The van der Waals surface area contributed by atoms with Gasteiger partial charge in [-0.3, -0.25) is 9.44 Å². The van der Waals surface area contributed by atoms with Crippen LogP contribution in [0.1, 0.15) is 33.4 Å². The predicted molar refractivity (Wildman–Crippen MR) is 192 cm³/mol. The average molecular weight is 733 g/mol. The first-order valence-electron chi connectivity index (χ1n) is 15.4. The van der Waals surface area contributed by atoms with E-state index < -0.39 is 31.7 Å². The maximum atomic E-state index is 13.1. The van der Waals surface area contributed by atoms with Crippen molar-refractivity contribution in [3.8, 4) is 11.5 Å². The second-order valence-electron chi connectivity index (χ2n) is 11.5. The van der Waals surface area contributed by atoms with E-state index in [0.29, 0.717) is 66.8 Å². The van der Waals surface area contributed by atoms with Crippen molar-refractivity contribution in [1.29, 1.82) is 0 Å². The zero-order chi connectivity index (χ0) is 36.5. The Hall–Kier alpha value is -5.62. The number of hydrogen-bond donors (Lipinski definition) is 4. The monoisotopic (exact) mass is 732 g/mol. The topological polar surface area (TPSA) is 212 Å². The first-order valence-corrected chi connectivity index (χ1v) is 18.3. The summed E-state index contributed by atoms with van der Waals surface area (Å²) in [6.07, 6.45) is 3.26. The van der Waals surface area contributed by atoms with Crippen LogP contribution in [0.2, 0.25) is 0 Å². The van der Waals surface area contributed by atoms with E-state index >= 15 is 0 Å². The van der Waals surface area contributed by atoms with Crippen LogP contribution in [0.15, 0.2) is 91.5 Å². The highest BCUT2D eigenvalue weighted by Crippen LogP contribution is 2.31. The Morgan fingerprint density at radius 1 is 0.627 bits per heavy atom. The average Bonchev–Trinajstić information content (AvgIpc) is 3.08. The molecular formula is C34H32N6O9S2. The van der Waals surface area contributed by atoms with Gasteiger partial charge in [-0.05, 0) is 84.6 Å². The van der Waals surface area contributed by atoms with Crippen LogP contribution in [0, 0.1) is 13.8 Å². The second-order valence-corrected chi connectivity index (χ2v) is 14.7. The molecule has 0 radical (unpaired) electrons. The number of pyridine rings is 2. The molecule has 2 aromatic carbocycles. The van der Waals surface area contributed by atoms with Crippen LogP contribution in [-0.2, 0) is 33.3 Å². The number of aromatic nitrogens is 2. The van der Waals surface area contributed by atoms with Crippen LogP contribution in [0.4, 0.5) is 11.6 Å². The lowest BCUT2D eigenvalue weighted by Crippen LogP contribution is -2.26. The lowest BCUT2D eigenvalue weighted by molar-refractivity contribution is 0.477.